The van der Waals surface area contributed by atoms with Crippen LogP contribution in [0.2, 0.25) is 0 Å². The second kappa shape index (κ2) is 4.58. The Labute approximate surface area is 90.5 Å². The minimum atomic E-state index is -4.60. The third-order valence-corrected chi connectivity index (χ3v) is 2.55. The van der Waals surface area contributed by atoms with Gasteiger partial charge in [0.2, 0.25) is 0 Å². The molecule has 0 saturated heterocycles. The molecule has 2 nitrogen and oxygen atoms in total. The number of hydrogen-bond donors (Lipinski definition) is 0. The lowest BCUT2D eigenvalue weighted by molar-refractivity contribution is 0.552. The van der Waals surface area contributed by atoms with E-state index in [4.69, 9.17) is 0 Å². The molecule has 0 aliphatic heterocycles. The summed E-state index contributed by atoms with van der Waals surface area (Å²) in [5, 5.41) is 0.538. The first-order valence-electron chi connectivity index (χ1n) is 3.63. The van der Waals surface area contributed by atoms with Gasteiger partial charge in [0.25, 0.3) is 0 Å². The summed E-state index contributed by atoms with van der Waals surface area (Å²) in [5.74, 6) is 5.51. The summed E-state index contributed by atoms with van der Waals surface area (Å²) in [6.45, 7) is 0. The highest BCUT2D eigenvalue weighted by Crippen LogP contribution is 2.12. The fourth-order valence-electron chi connectivity index (χ4n) is 0.836. The Kier molecular flexibility index (Phi) is 3.67. The lowest BCUT2D eigenvalue weighted by Gasteiger charge is -1.93. The van der Waals surface area contributed by atoms with E-state index in [1.807, 2.05) is 0 Å². The maximum atomic E-state index is 12.4. The quantitative estimate of drug-likeness (QED) is 0.447. The van der Waals surface area contributed by atoms with Crippen LogP contribution in [-0.2, 0) is 10.2 Å². The second-order valence-electron chi connectivity index (χ2n) is 2.40. The van der Waals surface area contributed by atoms with Crippen LogP contribution in [0.25, 0.3) is 0 Å². The Balaban J connectivity index is 3.01. The zero-order chi connectivity index (χ0) is 10.6. The monoisotopic (exact) mass is 276 g/mol. The van der Waals surface area contributed by atoms with Crippen molar-refractivity contribution in [3.63, 3.8) is 0 Å². The van der Waals surface area contributed by atoms with Crippen molar-refractivity contribution in [2.45, 2.75) is 4.90 Å². The summed E-state index contributed by atoms with van der Waals surface area (Å²) in [4.78, 5) is -0.345. The Morgan fingerprint density at radius 2 is 1.86 bits per heavy atom. The highest BCUT2D eigenvalue weighted by molar-refractivity contribution is 9.09. The van der Waals surface area contributed by atoms with Gasteiger partial charge >= 0.3 is 10.2 Å². The van der Waals surface area contributed by atoms with Crippen molar-refractivity contribution in [2.24, 2.45) is 0 Å². The van der Waals surface area contributed by atoms with E-state index in [0.29, 0.717) is 10.9 Å². The van der Waals surface area contributed by atoms with E-state index < -0.39 is 10.2 Å². The fraction of sp³-hybridized carbons (Fsp3) is 0.111. The summed E-state index contributed by atoms with van der Waals surface area (Å²) in [5.41, 5.74) is 0.650. The maximum absolute atomic E-state index is 12.4. The first-order chi connectivity index (χ1) is 6.54. The van der Waals surface area contributed by atoms with Gasteiger partial charge in [0.05, 0.1) is 10.2 Å². The third-order valence-electron chi connectivity index (χ3n) is 1.44. The van der Waals surface area contributed by atoms with Gasteiger partial charge in [-0.1, -0.05) is 27.8 Å². The van der Waals surface area contributed by atoms with Crippen molar-refractivity contribution in [1.82, 2.24) is 0 Å². The zero-order valence-electron chi connectivity index (χ0n) is 7.00. The molecule has 0 aromatic heterocycles. The van der Waals surface area contributed by atoms with Crippen LogP contribution in [0, 0.1) is 11.8 Å². The molecule has 0 atom stereocenters. The summed E-state index contributed by atoms with van der Waals surface area (Å²) < 4.78 is 33.3. The molecule has 0 fully saturated rings. The Morgan fingerprint density at radius 1 is 1.29 bits per heavy atom. The Bertz CT molecular complexity index is 468. The summed E-state index contributed by atoms with van der Waals surface area (Å²) in [6.07, 6.45) is 0. The van der Waals surface area contributed by atoms with Crippen LogP contribution in [-0.4, -0.2) is 13.7 Å². The molecule has 5 heteroatoms. The minimum absolute atomic E-state index is 0.345. The number of alkyl halides is 1. The fourth-order valence-corrected chi connectivity index (χ4v) is 1.44. The van der Waals surface area contributed by atoms with Crippen molar-refractivity contribution < 1.29 is 12.3 Å². The van der Waals surface area contributed by atoms with E-state index in [0.717, 1.165) is 0 Å². The van der Waals surface area contributed by atoms with Gasteiger partial charge in [-0.2, -0.15) is 8.42 Å². The van der Waals surface area contributed by atoms with Gasteiger partial charge in [-0.05, 0) is 24.3 Å². The van der Waals surface area contributed by atoms with Gasteiger partial charge in [-0.25, -0.2) is 0 Å². The largest absolute Gasteiger partial charge is 0.332 e. The number of benzene rings is 1. The molecule has 1 aromatic carbocycles. The molecule has 0 radical (unpaired) electrons. The van der Waals surface area contributed by atoms with E-state index in [-0.39, 0.29) is 4.90 Å². The first kappa shape index (κ1) is 11.2. The van der Waals surface area contributed by atoms with Crippen molar-refractivity contribution in [2.75, 3.05) is 5.33 Å². The molecule has 0 amide bonds. The van der Waals surface area contributed by atoms with E-state index in [1.165, 1.54) is 24.3 Å². The van der Waals surface area contributed by atoms with Gasteiger partial charge in [-0.3, -0.25) is 0 Å². The predicted octanol–water partition coefficient (Wildman–Crippen LogP) is 2.09. The van der Waals surface area contributed by atoms with Crippen LogP contribution in [0.15, 0.2) is 29.2 Å². The average molecular weight is 277 g/mol. The van der Waals surface area contributed by atoms with Crippen molar-refractivity contribution in [1.29, 1.82) is 0 Å². The Hall–Kier alpha value is -0.860. The summed E-state index contributed by atoms with van der Waals surface area (Å²) >= 11 is 3.12. The number of rotatable bonds is 1. The van der Waals surface area contributed by atoms with Gasteiger partial charge in [0.15, 0.2) is 0 Å². The van der Waals surface area contributed by atoms with Gasteiger partial charge in [0, 0.05) is 5.56 Å². The molecule has 0 aliphatic rings. The van der Waals surface area contributed by atoms with Crippen LogP contribution >= 0.6 is 15.9 Å². The molecule has 1 rings (SSSR count). The van der Waals surface area contributed by atoms with Crippen LogP contribution in [0.3, 0.4) is 0 Å². The van der Waals surface area contributed by atoms with Crippen molar-refractivity contribution >= 4 is 26.2 Å². The molecule has 14 heavy (non-hydrogen) atoms. The second-order valence-corrected chi connectivity index (χ2v) is 4.31. The summed E-state index contributed by atoms with van der Waals surface area (Å²) in [7, 11) is -4.60. The molecule has 0 spiro atoms. The van der Waals surface area contributed by atoms with Crippen LogP contribution in [0.4, 0.5) is 3.89 Å². The predicted molar refractivity (Wildman–Crippen MR) is 55.4 cm³/mol. The van der Waals surface area contributed by atoms with Crippen molar-refractivity contribution in [3.05, 3.63) is 29.8 Å². The molecule has 0 heterocycles. The highest BCUT2D eigenvalue weighted by Gasteiger charge is 2.09. The van der Waals surface area contributed by atoms with E-state index in [2.05, 4.69) is 27.8 Å². The lowest BCUT2D eigenvalue weighted by atomic mass is 10.2. The number of hydrogen-bond acceptors (Lipinski definition) is 2. The third kappa shape index (κ3) is 3.13. The molecule has 0 unspecified atom stereocenters. The average Bonchev–Trinajstić information content (AvgIpc) is 2.14. The molecule has 74 valence electrons. The molecule has 0 saturated carbocycles. The first-order valence-corrected chi connectivity index (χ1v) is 6.14. The molecule has 0 bridgehead atoms. The summed E-state index contributed by atoms with van der Waals surface area (Å²) in [6, 6.07) is 5.30. The maximum Gasteiger partial charge on any atom is 0.332 e. The van der Waals surface area contributed by atoms with E-state index in [9.17, 15) is 12.3 Å². The van der Waals surface area contributed by atoms with E-state index in [1.54, 1.807) is 0 Å². The molecule has 0 aliphatic carbocycles. The smallest absolute Gasteiger partial charge is 0.189 e. The zero-order valence-corrected chi connectivity index (χ0v) is 9.40. The SMILES string of the molecule is O=S(=O)(F)c1ccc(C#CCBr)cc1. The van der Waals surface area contributed by atoms with Crippen LogP contribution in [0.1, 0.15) is 5.56 Å². The lowest BCUT2D eigenvalue weighted by Crippen LogP contribution is -1.91. The topological polar surface area (TPSA) is 34.1 Å². The van der Waals surface area contributed by atoms with Crippen LogP contribution < -0.4 is 0 Å². The van der Waals surface area contributed by atoms with Gasteiger partial charge in [0.1, 0.15) is 0 Å². The number of halogens is 2. The Morgan fingerprint density at radius 3 is 2.29 bits per heavy atom. The normalized spacial score (nSPS) is 10.4. The molecular formula is C9H6BrFO2S. The highest BCUT2D eigenvalue weighted by atomic mass is 79.9. The molecular weight excluding hydrogens is 271 g/mol. The molecule has 1 aromatic rings. The van der Waals surface area contributed by atoms with Crippen LogP contribution in [0.5, 0.6) is 0 Å². The standard InChI is InChI=1S/C9H6BrFO2S/c10-7-1-2-8-3-5-9(6-4-8)14(11,12)13/h3-6H,7H2. The minimum Gasteiger partial charge on any atom is -0.189 e. The van der Waals surface area contributed by atoms with Gasteiger partial charge < -0.3 is 0 Å². The van der Waals surface area contributed by atoms with Gasteiger partial charge in [-0.15, -0.1) is 3.89 Å². The van der Waals surface area contributed by atoms with Crippen molar-refractivity contribution in [3.8, 4) is 11.8 Å². The molecule has 0 N–H and O–H groups in total. The van der Waals surface area contributed by atoms with E-state index >= 15 is 0 Å².